The molecule has 0 aliphatic heterocycles. The van der Waals surface area contributed by atoms with E-state index in [-0.39, 0.29) is 17.6 Å². The highest BCUT2D eigenvalue weighted by Crippen LogP contribution is 2.65. The number of rotatable bonds is 5. The lowest BCUT2D eigenvalue weighted by Crippen LogP contribution is -2.12. The molecule has 4 atom stereocenters. The van der Waals surface area contributed by atoms with Gasteiger partial charge in [0, 0.05) is 31.3 Å². The van der Waals surface area contributed by atoms with E-state index in [1.165, 1.54) is 0 Å². The zero-order valence-electron chi connectivity index (χ0n) is 17.7. The van der Waals surface area contributed by atoms with Gasteiger partial charge in [-0.05, 0) is 44.4 Å². The summed E-state index contributed by atoms with van der Waals surface area (Å²) in [6.45, 7) is 1.88. The van der Waals surface area contributed by atoms with Crippen LogP contribution in [0.2, 0.25) is 0 Å². The third kappa shape index (κ3) is 3.34. The Bertz CT molecular complexity index is 1170. The first kappa shape index (κ1) is 19.7. The molecule has 0 bridgehead atoms. The van der Waals surface area contributed by atoms with Crippen LogP contribution < -0.4 is 5.32 Å². The minimum Gasteiger partial charge on any atom is -0.321 e. The van der Waals surface area contributed by atoms with Crippen LogP contribution in [0.1, 0.15) is 66.3 Å². The largest absolute Gasteiger partial charge is 0.419 e. The molecule has 32 heavy (non-hydrogen) atoms. The number of nitrogens with one attached hydrogen (secondary N) is 1. The van der Waals surface area contributed by atoms with Crippen molar-refractivity contribution in [1.29, 1.82) is 0 Å². The lowest BCUT2D eigenvalue weighted by atomic mass is 10.1. The van der Waals surface area contributed by atoms with E-state index in [1.54, 1.807) is 11.0 Å². The van der Waals surface area contributed by atoms with Crippen molar-refractivity contribution in [2.45, 2.75) is 56.7 Å². The van der Waals surface area contributed by atoms with Crippen LogP contribution >= 0.6 is 0 Å². The predicted octanol–water partition coefficient (Wildman–Crippen LogP) is 4.11. The molecule has 3 aliphatic carbocycles. The van der Waals surface area contributed by atoms with Gasteiger partial charge in [-0.25, -0.2) is 15.0 Å². The lowest BCUT2D eigenvalue weighted by Gasteiger charge is -2.14. The summed E-state index contributed by atoms with van der Waals surface area (Å²) in [4.78, 5) is 12.5. The van der Waals surface area contributed by atoms with Crippen molar-refractivity contribution >= 4 is 11.6 Å². The monoisotopic (exact) mass is 444 g/mol. The third-order valence-corrected chi connectivity index (χ3v) is 6.96. The third-order valence-electron chi connectivity index (χ3n) is 6.96. The molecule has 8 nitrogen and oxygen atoms in total. The summed E-state index contributed by atoms with van der Waals surface area (Å²) >= 11 is 0. The Kier molecular flexibility index (Phi) is 4.16. The molecule has 0 amide bonds. The summed E-state index contributed by atoms with van der Waals surface area (Å²) in [6, 6.07) is 0.301. The van der Waals surface area contributed by atoms with Gasteiger partial charge in [-0.3, -0.25) is 9.36 Å². The molecule has 3 aliphatic rings. The van der Waals surface area contributed by atoms with Gasteiger partial charge in [-0.15, -0.1) is 0 Å². The van der Waals surface area contributed by atoms with Crippen molar-refractivity contribution in [3.8, 4) is 0 Å². The highest BCUT2D eigenvalue weighted by atomic mass is 19.4. The van der Waals surface area contributed by atoms with E-state index < -0.39 is 11.7 Å². The van der Waals surface area contributed by atoms with Crippen LogP contribution in [0.15, 0.2) is 18.7 Å². The van der Waals surface area contributed by atoms with Gasteiger partial charge in [0.05, 0.1) is 28.7 Å². The van der Waals surface area contributed by atoms with Crippen molar-refractivity contribution in [2.24, 2.45) is 18.9 Å². The van der Waals surface area contributed by atoms with Crippen LogP contribution in [0.5, 0.6) is 0 Å². The number of alkyl halides is 3. The lowest BCUT2D eigenvalue weighted by molar-refractivity contribution is -0.138. The van der Waals surface area contributed by atoms with Gasteiger partial charge in [0.1, 0.15) is 6.33 Å². The van der Waals surface area contributed by atoms with Gasteiger partial charge in [-0.1, -0.05) is 0 Å². The standard InChI is InChI=1S/C21H23F3N8/c1-10-16(27-20-25-7-15(21(22,23)24)18(28-20)11-3-4-11)8-32(29-10)12-5-13-14(6-12)17(13)19-26-9-31(2)30-19/h7-9,11-14,17H,3-6H2,1-2H3,(H,25,27,28)/t12-,13-,14+,17+. The summed E-state index contributed by atoms with van der Waals surface area (Å²) < 4.78 is 43.6. The summed E-state index contributed by atoms with van der Waals surface area (Å²) in [7, 11) is 1.88. The molecule has 3 aromatic rings. The molecule has 3 aromatic heterocycles. The molecule has 0 aromatic carbocycles. The van der Waals surface area contributed by atoms with E-state index in [4.69, 9.17) is 0 Å². The second kappa shape index (κ2) is 6.76. The Labute approximate surface area is 182 Å². The molecular formula is C21H23F3N8. The first-order valence-corrected chi connectivity index (χ1v) is 10.9. The Morgan fingerprint density at radius 1 is 1.09 bits per heavy atom. The van der Waals surface area contributed by atoms with Gasteiger partial charge in [0.15, 0.2) is 5.82 Å². The highest BCUT2D eigenvalue weighted by molar-refractivity contribution is 5.55. The first-order chi connectivity index (χ1) is 15.3. The van der Waals surface area contributed by atoms with Gasteiger partial charge < -0.3 is 5.32 Å². The minimum absolute atomic E-state index is 0.0881. The molecule has 0 unspecified atom stereocenters. The number of halogens is 3. The average molecular weight is 444 g/mol. The topological polar surface area (TPSA) is 86.3 Å². The van der Waals surface area contributed by atoms with Crippen LogP contribution in [0.4, 0.5) is 24.8 Å². The van der Waals surface area contributed by atoms with Gasteiger partial charge in [-0.2, -0.15) is 23.4 Å². The maximum atomic E-state index is 13.3. The molecular weight excluding hydrogens is 421 g/mol. The highest BCUT2D eigenvalue weighted by Gasteiger charge is 2.58. The van der Waals surface area contributed by atoms with Gasteiger partial charge in [0.25, 0.3) is 0 Å². The zero-order chi connectivity index (χ0) is 22.2. The number of aromatic nitrogens is 7. The zero-order valence-corrected chi connectivity index (χ0v) is 17.7. The number of hydrogen-bond acceptors (Lipinski definition) is 6. The molecule has 0 saturated heterocycles. The van der Waals surface area contributed by atoms with E-state index in [1.807, 2.05) is 24.9 Å². The van der Waals surface area contributed by atoms with E-state index in [2.05, 4.69) is 30.5 Å². The minimum atomic E-state index is -4.44. The molecule has 11 heteroatoms. The maximum absolute atomic E-state index is 13.3. The number of nitrogens with zero attached hydrogens (tertiary/aromatic N) is 7. The second-order valence-electron chi connectivity index (χ2n) is 9.25. The summed E-state index contributed by atoms with van der Waals surface area (Å²) in [5.74, 6) is 2.60. The van der Waals surface area contributed by atoms with Crippen molar-refractivity contribution < 1.29 is 13.2 Å². The van der Waals surface area contributed by atoms with Gasteiger partial charge >= 0.3 is 6.18 Å². The summed E-state index contributed by atoms with van der Waals surface area (Å²) in [6.07, 6.45) is 3.62. The number of hydrogen-bond donors (Lipinski definition) is 1. The van der Waals surface area contributed by atoms with E-state index in [9.17, 15) is 13.2 Å². The molecule has 6 rings (SSSR count). The fourth-order valence-electron chi connectivity index (χ4n) is 5.17. The van der Waals surface area contributed by atoms with Gasteiger partial charge in [0.2, 0.25) is 5.95 Å². The fourth-order valence-corrected chi connectivity index (χ4v) is 5.17. The number of fused-ring (bicyclic) bond motifs is 1. The molecule has 1 N–H and O–H groups in total. The molecule has 3 saturated carbocycles. The summed E-state index contributed by atoms with van der Waals surface area (Å²) in [5.41, 5.74) is 0.838. The van der Waals surface area contributed by atoms with Crippen molar-refractivity contribution in [3.63, 3.8) is 0 Å². The number of aryl methyl sites for hydroxylation is 2. The average Bonchev–Trinajstić information content (AvgIpc) is 3.56. The molecule has 168 valence electrons. The smallest absolute Gasteiger partial charge is 0.321 e. The van der Waals surface area contributed by atoms with Crippen LogP contribution in [0.3, 0.4) is 0 Å². The molecule has 3 heterocycles. The predicted molar refractivity (Wildman–Crippen MR) is 108 cm³/mol. The van der Waals surface area contributed by atoms with Crippen LogP contribution in [0, 0.1) is 18.8 Å². The Hall–Kier alpha value is -2.98. The van der Waals surface area contributed by atoms with Crippen molar-refractivity contribution in [1.82, 2.24) is 34.5 Å². The first-order valence-electron chi connectivity index (χ1n) is 10.9. The molecule has 3 fully saturated rings. The van der Waals surface area contributed by atoms with Crippen molar-refractivity contribution in [2.75, 3.05) is 5.32 Å². The van der Waals surface area contributed by atoms with E-state index in [0.717, 1.165) is 49.1 Å². The van der Waals surface area contributed by atoms with Crippen LogP contribution in [-0.4, -0.2) is 34.5 Å². The summed E-state index contributed by atoms with van der Waals surface area (Å²) in [5, 5.41) is 12.2. The van der Waals surface area contributed by atoms with Crippen molar-refractivity contribution in [3.05, 3.63) is 41.5 Å². The number of anilines is 2. The van der Waals surface area contributed by atoms with Crippen LogP contribution in [-0.2, 0) is 13.2 Å². The fraction of sp³-hybridized carbons (Fsp3) is 0.571. The Morgan fingerprint density at radius 2 is 1.84 bits per heavy atom. The molecule has 0 radical (unpaired) electrons. The molecule has 0 spiro atoms. The van der Waals surface area contributed by atoms with Crippen LogP contribution in [0.25, 0.3) is 0 Å². The Morgan fingerprint density at radius 3 is 2.47 bits per heavy atom. The second-order valence-corrected chi connectivity index (χ2v) is 9.25. The normalized spacial score (nSPS) is 26.9. The maximum Gasteiger partial charge on any atom is 0.419 e. The van der Waals surface area contributed by atoms with E-state index in [0.29, 0.717) is 23.8 Å². The van der Waals surface area contributed by atoms with E-state index >= 15 is 0 Å². The quantitative estimate of drug-likeness (QED) is 0.637. The Balaban J connectivity index is 1.17. The SMILES string of the molecule is Cc1nn([C@@H]2C[C@@H]3[C@H](C2)[C@H]3c2ncn(C)n2)cc1Nc1ncc(C(F)(F)F)c(C2CC2)n1.